The zero-order valence-corrected chi connectivity index (χ0v) is 16.0. The number of alkyl halides is 2. The molecule has 0 aliphatic heterocycles. The number of H-pyrrole nitrogens is 1. The highest BCUT2D eigenvalue weighted by atomic mass is 32.1. The lowest BCUT2D eigenvalue weighted by molar-refractivity contribution is 0.148. The number of fused-ring (bicyclic) bond motifs is 1. The summed E-state index contributed by atoms with van der Waals surface area (Å²) in [5, 5.41) is 1.20. The van der Waals surface area contributed by atoms with Crippen LogP contribution < -0.4 is 17.0 Å². The highest BCUT2D eigenvalue weighted by Gasteiger charge is 2.33. The van der Waals surface area contributed by atoms with E-state index in [1.54, 1.807) is 25.3 Å². The number of thiophene rings is 1. The molecule has 1 aliphatic carbocycles. The van der Waals surface area contributed by atoms with Crippen molar-refractivity contribution >= 4 is 22.2 Å². The van der Waals surface area contributed by atoms with Crippen LogP contribution >= 0.6 is 11.3 Å². The summed E-state index contributed by atoms with van der Waals surface area (Å²) >= 11 is 1.30. The zero-order chi connectivity index (χ0) is 20.3. The molecule has 1 aromatic carbocycles. The number of rotatable bonds is 4. The summed E-state index contributed by atoms with van der Waals surface area (Å²) < 4.78 is 44.3. The van der Waals surface area contributed by atoms with Gasteiger partial charge >= 0.3 is 5.69 Å². The molecule has 4 rings (SSSR count). The molecule has 1 aliphatic rings. The summed E-state index contributed by atoms with van der Waals surface area (Å²) in [5.74, 6) is -1.14. The van der Waals surface area contributed by atoms with Crippen molar-refractivity contribution in [2.24, 2.45) is 5.73 Å². The van der Waals surface area contributed by atoms with Gasteiger partial charge in [0, 0.05) is 22.5 Å². The molecular weight excluding hydrogens is 391 g/mol. The van der Waals surface area contributed by atoms with E-state index in [-0.39, 0.29) is 23.2 Å². The summed E-state index contributed by atoms with van der Waals surface area (Å²) in [6, 6.07) is 1.19. The molecular formula is C19H18F3N3O2S. The molecule has 1 atom stereocenters. The first-order chi connectivity index (χ1) is 13.2. The second-order valence-electron chi connectivity index (χ2n) is 7.14. The summed E-state index contributed by atoms with van der Waals surface area (Å²) in [4.78, 5) is 27.6. The molecule has 5 nitrogen and oxygen atoms in total. The van der Waals surface area contributed by atoms with Gasteiger partial charge in [-0.05, 0) is 49.3 Å². The second-order valence-corrected chi connectivity index (χ2v) is 8.08. The Labute approximate surface area is 161 Å². The van der Waals surface area contributed by atoms with Gasteiger partial charge in [0.25, 0.3) is 12.0 Å². The molecule has 0 amide bonds. The molecule has 28 heavy (non-hydrogen) atoms. The number of nitrogens with two attached hydrogens (primary N) is 1. The highest BCUT2D eigenvalue weighted by molar-refractivity contribution is 7.10. The maximum Gasteiger partial charge on any atom is 0.329 e. The lowest BCUT2D eigenvalue weighted by Crippen LogP contribution is -2.31. The van der Waals surface area contributed by atoms with E-state index in [1.165, 1.54) is 15.9 Å². The fourth-order valence-electron chi connectivity index (χ4n) is 3.65. The molecule has 148 valence electrons. The summed E-state index contributed by atoms with van der Waals surface area (Å²) in [6.45, 7) is 3.32. The summed E-state index contributed by atoms with van der Waals surface area (Å²) in [6.07, 6.45) is -1.81. The Morgan fingerprint density at radius 1 is 1.32 bits per heavy atom. The summed E-state index contributed by atoms with van der Waals surface area (Å²) in [5.41, 5.74) is 3.99. The van der Waals surface area contributed by atoms with E-state index in [0.717, 1.165) is 4.88 Å². The van der Waals surface area contributed by atoms with Crippen LogP contribution in [-0.4, -0.2) is 9.55 Å². The van der Waals surface area contributed by atoms with E-state index in [2.05, 4.69) is 4.98 Å². The monoisotopic (exact) mass is 409 g/mol. The van der Waals surface area contributed by atoms with Crippen LogP contribution in [0.25, 0.3) is 22.0 Å². The number of benzene rings is 1. The quantitative estimate of drug-likeness (QED) is 0.679. The van der Waals surface area contributed by atoms with Crippen molar-refractivity contribution in [2.45, 2.75) is 45.2 Å². The predicted octanol–water partition coefficient (Wildman–Crippen LogP) is 4.16. The van der Waals surface area contributed by atoms with Crippen molar-refractivity contribution in [2.75, 3.05) is 0 Å². The molecule has 1 unspecified atom stereocenters. The molecule has 2 aromatic heterocycles. The van der Waals surface area contributed by atoms with E-state index in [1.807, 2.05) is 0 Å². The Balaban J connectivity index is 2.18. The van der Waals surface area contributed by atoms with E-state index in [0.29, 0.717) is 24.0 Å². The standard InChI is InChI=1S/C19H18F3N3O2S/c1-7-12(9-5-11(8(2)23)28-6-9)15(20)13(17(21)22)14-16(7)25(10-3-4-10)19(27)24-18(14)26/h5-6,8,10,17H,3-4,23H2,1-2H3,(H,24,26,27). The Morgan fingerprint density at radius 3 is 2.54 bits per heavy atom. The van der Waals surface area contributed by atoms with Crippen LogP contribution in [0.1, 0.15) is 54.3 Å². The molecule has 3 aromatic rings. The fraction of sp³-hybridized carbons (Fsp3) is 0.368. The van der Waals surface area contributed by atoms with Crippen LogP contribution in [0, 0.1) is 12.7 Å². The van der Waals surface area contributed by atoms with Crippen molar-refractivity contribution in [1.82, 2.24) is 9.55 Å². The number of aryl methyl sites for hydroxylation is 1. The van der Waals surface area contributed by atoms with Gasteiger partial charge in [-0.2, -0.15) is 0 Å². The Bertz CT molecular complexity index is 1210. The normalized spacial score (nSPS) is 15.5. The molecule has 3 N–H and O–H groups in total. The summed E-state index contributed by atoms with van der Waals surface area (Å²) in [7, 11) is 0. The number of hydrogen-bond acceptors (Lipinski definition) is 4. The lowest BCUT2D eigenvalue weighted by atomic mass is 9.94. The van der Waals surface area contributed by atoms with Gasteiger partial charge in [0.2, 0.25) is 0 Å². The van der Waals surface area contributed by atoms with Crippen LogP contribution in [0.5, 0.6) is 0 Å². The van der Waals surface area contributed by atoms with Gasteiger partial charge in [-0.3, -0.25) is 14.3 Å². The van der Waals surface area contributed by atoms with Crippen molar-refractivity contribution in [3.05, 3.63) is 54.1 Å². The first-order valence-electron chi connectivity index (χ1n) is 8.85. The van der Waals surface area contributed by atoms with Gasteiger partial charge in [0.05, 0.1) is 16.5 Å². The third kappa shape index (κ3) is 2.80. The minimum Gasteiger partial charge on any atom is -0.324 e. The van der Waals surface area contributed by atoms with Crippen LogP contribution in [0.4, 0.5) is 13.2 Å². The number of nitrogens with one attached hydrogen (secondary N) is 1. The topological polar surface area (TPSA) is 80.9 Å². The van der Waals surface area contributed by atoms with Crippen LogP contribution in [0.15, 0.2) is 21.0 Å². The second kappa shape index (κ2) is 6.59. The van der Waals surface area contributed by atoms with Crippen LogP contribution in [0.3, 0.4) is 0 Å². The number of aromatic amines is 1. The number of halogens is 3. The first kappa shape index (κ1) is 18.9. The van der Waals surface area contributed by atoms with E-state index in [9.17, 15) is 18.4 Å². The van der Waals surface area contributed by atoms with Crippen LogP contribution in [0.2, 0.25) is 0 Å². The minimum absolute atomic E-state index is 0.0228. The Morgan fingerprint density at radius 2 is 2.00 bits per heavy atom. The molecule has 2 heterocycles. The molecule has 1 saturated carbocycles. The minimum atomic E-state index is -3.21. The predicted molar refractivity (Wildman–Crippen MR) is 103 cm³/mol. The van der Waals surface area contributed by atoms with Gasteiger partial charge in [-0.25, -0.2) is 18.0 Å². The van der Waals surface area contributed by atoms with Crippen molar-refractivity contribution in [1.29, 1.82) is 0 Å². The van der Waals surface area contributed by atoms with Gasteiger partial charge in [-0.1, -0.05) is 0 Å². The van der Waals surface area contributed by atoms with Gasteiger partial charge < -0.3 is 5.73 Å². The first-order valence-corrected chi connectivity index (χ1v) is 9.73. The largest absolute Gasteiger partial charge is 0.329 e. The van der Waals surface area contributed by atoms with Crippen LogP contribution in [-0.2, 0) is 0 Å². The molecule has 9 heteroatoms. The fourth-order valence-corrected chi connectivity index (χ4v) is 4.51. The number of nitrogens with zero attached hydrogens (tertiary/aromatic N) is 1. The SMILES string of the molecule is Cc1c(-c2csc(C(C)N)c2)c(F)c(C(F)F)c2c(=O)[nH]c(=O)n(C3CC3)c12. The van der Waals surface area contributed by atoms with Gasteiger partial charge in [0.15, 0.2) is 0 Å². The third-order valence-corrected chi connectivity index (χ3v) is 6.22. The molecule has 0 radical (unpaired) electrons. The average molecular weight is 409 g/mol. The molecule has 1 fully saturated rings. The smallest absolute Gasteiger partial charge is 0.324 e. The molecule has 0 bridgehead atoms. The number of hydrogen-bond donors (Lipinski definition) is 2. The third-order valence-electron chi connectivity index (χ3n) is 5.09. The van der Waals surface area contributed by atoms with Crippen molar-refractivity contribution in [3.8, 4) is 11.1 Å². The van der Waals surface area contributed by atoms with Crippen molar-refractivity contribution in [3.63, 3.8) is 0 Å². The average Bonchev–Trinajstić information content (AvgIpc) is 3.31. The maximum atomic E-state index is 15.3. The molecule has 0 spiro atoms. The zero-order valence-electron chi connectivity index (χ0n) is 15.2. The molecule has 0 saturated heterocycles. The van der Waals surface area contributed by atoms with Gasteiger partial charge in [-0.15, -0.1) is 11.3 Å². The maximum absolute atomic E-state index is 15.3. The lowest BCUT2D eigenvalue weighted by Gasteiger charge is -2.18. The van der Waals surface area contributed by atoms with E-state index < -0.39 is 34.4 Å². The Kier molecular flexibility index (Phi) is 4.46. The van der Waals surface area contributed by atoms with E-state index in [4.69, 9.17) is 5.73 Å². The Hall–Kier alpha value is -2.39. The highest BCUT2D eigenvalue weighted by Crippen LogP contribution is 2.43. The van der Waals surface area contributed by atoms with E-state index >= 15 is 4.39 Å². The van der Waals surface area contributed by atoms with Crippen molar-refractivity contribution < 1.29 is 13.2 Å². The van der Waals surface area contributed by atoms with Gasteiger partial charge in [0.1, 0.15) is 5.82 Å². The number of aromatic nitrogens is 2.